The van der Waals surface area contributed by atoms with Crippen LogP contribution in [0.3, 0.4) is 0 Å². The first-order chi connectivity index (χ1) is 11.6. The predicted octanol–water partition coefficient (Wildman–Crippen LogP) is -0.467. The van der Waals surface area contributed by atoms with Crippen molar-refractivity contribution in [1.82, 2.24) is 19.8 Å². The fraction of sp³-hybridized carbons (Fsp3) is 0.562. The summed E-state index contributed by atoms with van der Waals surface area (Å²) in [5, 5.41) is 13.6. The van der Waals surface area contributed by atoms with Gasteiger partial charge in [0, 0.05) is 39.3 Å². The first kappa shape index (κ1) is 18.2. The summed E-state index contributed by atoms with van der Waals surface area (Å²) in [4.78, 5) is 32.9. The van der Waals surface area contributed by atoms with Gasteiger partial charge < -0.3 is 10.4 Å². The molecule has 3 N–H and O–H groups in total. The van der Waals surface area contributed by atoms with Crippen LogP contribution in [-0.4, -0.2) is 64.5 Å². The Kier molecular flexibility index (Phi) is 6.51. The molecule has 0 radical (unpaired) electrons. The van der Waals surface area contributed by atoms with E-state index >= 15 is 0 Å². The Morgan fingerprint density at radius 3 is 2.71 bits per heavy atom. The minimum atomic E-state index is -0.655. The Morgan fingerprint density at radius 1 is 1.38 bits per heavy atom. The third-order valence-corrected chi connectivity index (χ3v) is 4.04. The molecule has 0 spiro atoms. The van der Waals surface area contributed by atoms with Crippen molar-refractivity contribution in [3.63, 3.8) is 0 Å². The van der Waals surface area contributed by atoms with Crippen molar-refractivity contribution >= 4 is 5.71 Å². The first-order valence-corrected chi connectivity index (χ1v) is 8.22. The van der Waals surface area contributed by atoms with Crippen molar-refractivity contribution in [1.29, 1.82) is 0 Å². The maximum Gasteiger partial charge on any atom is 0.331 e. The number of aliphatic imine (C=N–C) groups is 1. The van der Waals surface area contributed by atoms with E-state index in [-0.39, 0.29) is 18.0 Å². The smallest absolute Gasteiger partial charge is 0.331 e. The second kappa shape index (κ2) is 8.60. The molecule has 0 aliphatic carbocycles. The average molecular weight is 335 g/mol. The number of nitrogens with one attached hydrogen (secondary N) is 2. The molecule has 0 amide bonds. The maximum absolute atomic E-state index is 12.1. The van der Waals surface area contributed by atoms with Crippen molar-refractivity contribution in [2.24, 2.45) is 4.99 Å². The van der Waals surface area contributed by atoms with Gasteiger partial charge in [-0.1, -0.05) is 13.0 Å². The van der Waals surface area contributed by atoms with E-state index in [4.69, 9.17) is 0 Å². The Labute approximate surface area is 140 Å². The molecule has 8 heteroatoms. The summed E-state index contributed by atoms with van der Waals surface area (Å²) in [6, 6.07) is 0. The maximum atomic E-state index is 12.1. The van der Waals surface area contributed by atoms with Crippen LogP contribution in [0, 0.1) is 0 Å². The van der Waals surface area contributed by atoms with Gasteiger partial charge in [-0.05, 0) is 6.42 Å². The predicted molar refractivity (Wildman–Crippen MR) is 94.2 cm³/mol. The van der Waals surface area contributed by atoms with Crippen LogP contribution in [0.4, 0.5) is 0 Å². The number of rotatable bonds is 7. The van der Waals surface area contributed by atoms with Gasteiger partial charge in [0.15, 0.2) is 0 Å². The number of nitrogens with zero attached hydrogens (tertiary/aromatic N) is 3. The minimum Gasteiger partial charge on any atom is -0.494 e. The Bertz CT molecular complexity index is 713. The van der Waals surface area contributed by atoms with Gasteiger partial charge in [-0.15, -0.1) is 6.58 Å². The number of aromatic nitrogens is 2. The summed E-state index contributed by atoms with van der Waals surface area (Å²) < 4.78 is 1.07. The van der Waals surface area contributed by atoms with E-state index in [0.29, 0.717) is 18.7 Å². The molecule has 24 heavy (non-hydrogen) atoms. The number of allylic oxidation sites excluding steroid dienone is 1. The SMILES string of the molecule is C=CCn1c(O)c(C(CC)=NCCN2CCNCC2)c(=O)[nH]c1=O. The molecule has 1 aromatic rings. The fourth-order valence-corrected chi connectivity index (χ4v) is 2.75. The third kappa shape index (κ3) is 4.21. The lowest BCUT2D eigenvalue weighted by molar-refractivity contribution is 0.247. The molecule has 0 unspecified atom stereocenters. The van der Waals surface area contributed by atoms with Gasteiger partial charge in [-0.25, -0.2) is 4.79 Å². The second-order valence-corrected chi connectivity index (χ2v) is 5.63. The third-order valence-electron chi connectivity index (χ3n) is 4.04. The monoisotopic (exact) mass is 335 g/mol. The van der Waals surface area contributed by atoms with Gasteiger partial charge >= 0.3 is 5.69 Å². The van der Waals surface area contributed by atoms with Crippen LogP contribution in [0.15, 0.2) is 27.2 Å². The quantitative estimate of drug-likeness (QED) is 0.462. The standard InChI is InChI=1S/C16H25N5O3/c1-3-8-21-15(23)13(14(22)19-16(21)24)12(4-2)18-7-11-20-9-5-17-6-10-20/h3,17,23H,1,4-11H2,2H3,(H,19,22,24). The molecule has 0 bridgehead atoms. The topological polar surface area (TPSA) is 103 Å². The number of aromatic hydroxyl groups is 1. The van der Waals surface area contributed by atoms with Crippen LogP contribution >= 0.6 is 0 Å². The van der Waals surface area contributed by atoms with Gasteiger partial charge in [0.1, 0.15) is 5.56 Å². The zero-order chi connectivity index (χ0) is 17.5. The molecule has 8 nitrogen and oxygen atoms in total. The van der Waals surface area contributed by atoms with E-state index in [2.05, 4.69) is 26.8 Å². The van der Waals surface area contributed by atoms with Crippen molar-refractivity contribution in [3.8, 4) is 5.88 Å². The van der Waals surface area contributed by atoms with Crippen LogP contribution in [0.1, 0.15) is 18.9 Å². The van der Waals surface area contributed by atoms with E-state index in [1.807, 2.05) is 6.92 Å². The molecule has 2 rings (SSSR count). The zero-order valence-corrected chi connectivity index (χ0v) is 14.0. The van der Waals surface area contributed by atoms with E-state index in [0.717, 1.165) is 37.3 Å². The highest BCUT2D eigenvalue weighted by Gasteiger charge is 2.18. The van der Waals surface area contributed by atoms with Crippen LogP contribution in [0.5, 0.6) is 5.88 Å². The lowest BCUT2D eigenvalue weighted by atomic mass is 10.1. The molecule has 132 valence electrons. The van der Waals surface area contributed by atoms with Crippen molar-refractivity contribution < 1.29 is 5.11 Å². The molecule has 1 aliphatic heterocycles. The number of piperazine rings is 1. The molecule has 2 heterocycles. The number of H-pyrrole nitrogens is 1. The highest BCUT2D eigenvalue weighted by molar-refractivity contribution is 6.01. The summed E-state index contributed by atoms with van der Waals surface area (Å²) in [5.41, 5.74) is -0.695. The van der Waals surface area contributed by atoms with Gasteiger partial charge in [-0.3, -0.25) is 24.2 Å². The highest BCUT2D eigenvalue weighted by Crippen LogP contribution is 2.13. The lowest BCUT2D eigenvalue weighted by Gasteiger charge is -2.26. The first-order valence-electron chi connectivity index (χ1n) is 8.22. The Hall–Kier alpha value is -2.19. The number of aromatic amines is 1. The van der Waals surface area contributed by atoms with Gasteiger partial charge in [0.25, 0.3) is 5.56 Å². The molecule has 0 atom stereocenters. The van der Waals surface area contributed by atoms with Gasteiger partial charge in [0.05, 0.1) is 12.3 Å². The molecule has 1 aliphatic rings. The molecule has 0 aromatic carbocycles. The van der Waals surface area contributed by atoms with Crippen LogP contribution in [0.2, 0.25) is 0 Å². The van der Waals surface area contributed by atoms with E-state index in [9.17, 15) is 14.7 Å². The lowest BCUT2D eigenvalue weighted by Crippen LogP contribution is -2.44. The summed E-state index contributed by atoms with van der Waals surface area (Å²) >= 11 is 0. The van der Waals surface area contributed by atoms with Crippen molar-refractivity contribution in [3.05, 3.63) is 39.1 Å². The van der Waals surface area contributed by atoms with Crippen LogP contribution in [-0.2, 0) is 6.54 Å². The molecule has 0 saturated carbocycles. The van der Waals surface area contributed by atoms with Gasteiger partial charge in [0.2, 0.25) is 5.88 Å². The summed E-state index contributed by atoms with van der Waals surface area (Å²) in [6.07, 6.45) is 1.97. The zero-order valence-electron chi connectivity index (χ0n) is 14.0. The number of hydrogen-bond donors (Lipinski definition) is 3. The fourth-order valence-electron chi connectivity index (χ4n) is 2.75. The van der Waals surface area contributed by atoms with E-state index in [1.165, 1.54) is 6.08 Å². The molecule has 1 aromatic heterocycles. The Morgan fingerprint density at radius 2 is 2.08 bits per heavy atom. The largest absolute Gasteiger partial charge is 0.494 e. The molecular weight excluding hydrogens is 310 g/mol. The van der Waals surface area contributed by atoms with Crippen LogP contribution in [0.25, 0.3) is 0 Å². The van der Waals surface area contributed by atoms with Gasteiger partial charge in [-0.2, -0.15) is 0 Å². The molecule has 1 saturated heterocycles. The molecular formula is C16H25N5O3. The van der Waals surface area contributed by atoms with Crippen LogP contribution < -0.4 is 16.6 Å². The number of hydrogen-bond acceptors (Lipinski definition) is 6. The summed E-state index contributed by atoms with van der Waals surface area (Å²) in [5.74, 6) is -0.355. The summed E-state index contributed by atoms with van der Waals surface area (Å²) in [6.45, 7) is 10.8. The second-order valence-electron chi connectivity index (χ2n) is 5.63. The summed E-state index contributed by atoms with van der Waals surface area (Å²) in [7, 11) is 0. The van der Waals surface area contributed by atoms with Crippen molar-refractivity contribution in [2.75, 3.05) is 39.3 Å². The normalized spacial score (nSPS) is 16.3. The molecule has 1 fully saturated rings. The van der Waals surface area contributed by atoms with Crippen molar-refractivity contribution in [2.45, 2.75) is 19.9 Å². The van der Waals surface area contributed by atoms with E-state index in [1.54, 1.807) is 0 Å². The minimum absolute atomic E-state index is 0.0688. The van der Waals surface area contributed by atoms with E-state index < -0.39 is 11.2 Å². The Balaban J connectivity index is 2.24. The highest BCUT2D eigenvalue weighted by atomic mass is 16.3. The average Bonchev–Trinajstić information content (AvgIpc) is 2.58.